The second-order valence-electron chi connectivity index (χ2n) is 11.6. The number of hydrogen-bond acceptors (Lipinski definition) is 9. The Morgan fingerprint density at radius 3 is 2.23 bits per heavy atom. The van der Waals surface area contributed by atoms with Gasteiger partial charge in [-0.05, 0) is 56.1 Å². The van der Waals surface area contributed by atoms with Crippen molar-refractivity contribution in [3.8, 4) is 0 Å². The number of carbonyl (C=O) groups excluding carboxylic acids is 2. The molecule has 3 fully saturated rings. The molecule has 7 atom stereocenters. The normalized spacial score (nSPS) is 36.1. The first-order valence-electron chi connectivity index (χ1n) is 12.9. The number of fused-ring (bicyclic) bond motifs is 5. The fraction of sp³-hybridized carbons (Fsp3) is 0.667. The van der Waals surface area contributed by atoms with Crippen molar-refractivity contribution in [3.05, 3.63) is 23.8 Å². The number of aliphatic hydroxyl groups excluding tert-OH is 1. The standard InChI is InChI=1S/C21H27ClO5.C6H8O7/c1-19-7-5-13(23)9-12(19)3-4-14-15-6-8-21(26,18(25)27-11-22)20(15,2)10-16(24)17(14)19;7-3(8)1-6(13,5(11)12)2-4(9)10/h5,7,9,14-17,24,26H,3-4,6,8,10-11H2,1-2H3;13H,1-2H2,(H,7,8)(H,9,10)(H,11,12)/t14-,15-,16-,17+,19-,20-,21-;/m0./s1. The van der Waals surface area contributed by atoms with Gasteiger partial charge >= 0.3 is 23.9 Å². The van der Waals surface area contributed by atoms with Crippen LogP contribution in [0.2, 0.25) is 0 Å². The minimum atomic E-state index is -2.74. The molecule has 0 radical (unpaired) electrons. The lowest BCUT2D eigenvalue weighted by Crippen LogP contribution is -2.61. The monoisotopic (exact) mass is 586 g/mol. The van der Waals surface area contributed by atoms with Gasteiger partial charge in [-0.1, -0.05) is 37.1 Å². The van der Waals surface area contributed by atoms with Gasteiger partial charge < -0.3 is 35.4 Å². The van der Waals surface area contributed by atoms with Crippen LogP contribution in [0.4, 0.5) is 0 Å². The highest BCUT2D eigenvalue weighted by Gasteiger charge is 2.69. The number of alkyl halides is 1. The molecule has 12 nitrogen and oxygen atoms in total. The van der Waals surface area contributed by atoms with Gasteiger partial charge in [0.25, 0.3) is 0 Å². The van der Waals surface area contributed by atoms with Crippen LogP contribution in [0.15, 0.2) is 23.8 Å². The van der Waals surface area contributed by atoms with Crippen molar-refractivity contribution in [3.63, 3.8) is 0 Å². The molecule has 0 aliphatic heterocycles. The molecule has 0 aromatic carbocycles. The number of halogens is 1. The Bertz CT molecular complexity index is 1130. The maximum absolute atomic E-state index is 12.5. The van der Waals surface area contributed by atoms with Gasteiger partial charge in [0.1, 0.15) is 0 Å². The lowest BCUT2D eigenvalue weighted by Gasteiger charge is -2.59. The van der Waals surface area contributed by atoms with E-state index in [0.29, 0.717) is 12.8 Å². The van der Waals surface area contributed by atoms with Crippen molar-refractivity contribution in [2.45, 2.75) is 76.1 Å². The molecule has 0 unspecified atom stereocenters. The topological polar surface area (TPSA) is 216 Å². The largest absolute Gasteiger partial charge is 0.481 e. The Morgan fingerprint density at radius 1 is 1.10 bits per heavy atom. The van der Waals surface area contributed by atoms with Crippen LogP contribution in [0, 0.1) is 28.6 Å². The molecule has 222 valence electrons. The fourth-order valence-corrected chi connectivity index (χ4v) is 7.65. The van der Waals surface area contributed by atoms with Gasteiger partial charge in [-0.2, -0.15) is 0 Å². The highest BCUT2D eigenvalue weighted by atomic mass is 35.5. The van der Waals surface area contributed by atoms with Crippen molar-refractivity contribution in [2.75, 3.05) is 6.07 Å². The predicted octanol–water partition coefficient (Wildman–Crippen LogP) is 1.49. The van der Waals surface area contributed by atoms with Crippen LogP contribution in [0.25, 0.3) is 0 Å². The van der Waals surface area contributed by atoms with Crippen LogP contribution in [-0.2, 0) is 28.7 Å². The zero-order chi connectivity index (χ0) is 30.3. The van der Waals surface area contributed by atoms with E-state index in [2.05, 4.69) is 6.92 Å². The minimum Gasteiger partial charge on any atom is -0.481 e. The maximum Gasteiger partial charge on any atom is 0.339 e. The molecule has 0 saturated heterocycles. The fourth-order valence-electron chi connectivity index (χ4n) is 7.55. The second kappa shape index (κ2) is 11.2. The number of carbonyl (C=O) groups is 5. The smallest absolute Gasteiger partial charge is 0.339 e. The molecule has 0 aromatic heterocycles. The van der Waals surface area contributed by atoms with E-state index >= 15 is 0 Å². The molecule has 0 bridgehead atoms. The van der Waals surface area contributed by atoms with Crippen molar-refractivity contribution in [1.82, 2.24) is 0 Å². The molecule has 4 aliphatic carbocycles. The quantitative estimate of drug-likeness (QED) is 0.185. The van der Waals surface area contributed by atoms with Crippen LogP contribution in [-0.4, -0.2) is 83.7 Å². The molecule has 3 saturated carbocycles. The van der Waals surface area contributed by atoms with Gasteiger partial charge in [-0.25, -0.2) is 9.59 Å². The average molecular weight is 587 g/mol. The zero-order valence-corrected chi connectivity index (χ0v) is 23.0. The summed E-state index contributed by atoms with van der Waals surface area (Å²) < 4.78 is 4.97. The summed E-state index contributed by atoms with van der Waals surface area (Å²) in [6.45, 7) is 4.01. The van der Waals surface area contributed by atoms with Crippen LogP contribution in [0.1, 0.15) is 58.8 Å². The first-order valence-corrected chi connectivity index (χ1v) is 13.5. The Hall–Kier alpha value is -2.80. The zero-order valence-electron chi connectivity index (χ0n) is 22.2. The number of esters is 1. The summed E-state index contributed by atoms with van der Waals surface area (Å²) in [6, 6.07) is -0.290. The van der Waals surface area contributed by atoms with Gasteiger partial charge in [-0.3, -0.25) is 14.4 Å². The molecule has 6 N–H and O–H groups in total. The second-order valence-corrected chi connectivity index (χ2v) is 11.8. The molecule has 40 heavy (non-hydrogen) atoms. The third-order valence-electron chi connectivity index (χ3n) is 9.46. The number of aliphatic hydroxyl groups is 3. The summed E-state index contributed by atoms with van der Waals surface area (Å²) in [4.78, 5) is 54.8. The maximum atomic E-state index is 12.5. The highest BCUT2D eigenvalue weighted by molar-refractivity contribution is 6.17. The number of aliphatic carboxylic acids is 3. The first kappa shape index (κ1) is 31.7. The Balaban J connectivity index is 0.000000289. The lowest BCUT2D eigenvalue weighted by molar-refractivity contribution is -0.195. The van der Waals surface area contributed by atoms with E-state index in [-0.39, 0.29) is 35.0 Å². The van der Waals surface area contributed by atoms with E-state index in [0.717, 1.165) is 24.8 Å². The molecule has 4 rings (SSSR count). The van der Waals surface area contributed by atoms with Gasteiger partial charge in [-0.15, -0.1) is 0 Å². The summed E-state index contributed by atoms with van der Waals surface area (Å²) >= 11 is 5.56. The summed E-state index contributed by atoms with van der Waals surface area (Å²) in [7, 11) is 0. The van der Waals surface area contributed by atoms with Crippen LogP contribution in [0.5, 0.6) is 0 Å². The highest BCUT2D eigenvalue weighted by Crippen LogP contribution is 2.67. The summed E-state index contributed by atoms with van der Waals surface area (Å²) in [5.74, 6) is -5.42. The Morgan fingerprint density at radius 2 is 1.70 bits per heavy atom. The first-order chi connectivity index (χ1) is 18.4. The van der Waals surface area contributed by atoms with Crippen molar-refractivity contribution in [2.24, 2.45) is 28.6 Å². The van der Waals surface area contributed by atoms with E-state index in [1.54, 1.807) is 12.2 Å². The van der Waals surface area contributed by atoms with E-state index in [1.165, 1.54) is 0 Å². The van der Waals surface area contributed by atoms with E-state index in [1.807, 2.05) is 13.0 Å². The minimum absolute atomic E-state index is 0.00937. The van der Waals surface area contributed by atoms with E-state index in [9.17, 15) is 34.2 Å². The van der Waals surface area contributed by atoms with E-state index < -0.39 is 59.4 Å². The molecule has 0 heterocycles. The lowest BCUT2D eigenvalue weighted by atomic mass is 9.46. The molecule has 0 aromatic rings. The van der Waals surface area contributed by atoms with Gasteiger partial charge in [0, 0.05) is 16.7 Å². The van der Waals surface area contributed by atoms with Crippen molar-refractivity contribution in [1.29, 1.82) is 0 Å². The van der Waals surface area contributed by atoms with Crippen LogP contribution in [0.3, 0.4) is 0 Å². The van der Waals surface area contributed by atoms with E-state index in [4.69, 9.17) is 36.8 Å². The summed E-state index contributed by atoms with van der Waals surface area (Å²) in [5.41, 5.74) is -4.36. The Labute approximate surface area is 235 Å². The average Bonchev–Trinajstić information content (AvgIpc) is 3.10. The van der Waals surface area contributed by atoms with Gasteiger partial charge in [0.05, 0.1) is 18.9 Å². The molecule has 4 aliphatic rings. The Kier molecular flexibility index (Phi) is 8.91. The van der Waals surface area contributed by atoms with Crippen LogP contribution >= 0.6 is 11.6 Å². The third-order valence-corrected chi connectivity index (χ3v) is 9.57. The SMILES string of the molecule is C[C@]12C=CC(=O)C=C1CC[C@@H]1[C@@H]2[C@@H](O)C[C@@]2(C)[C@H]1CC[C@]2(O)C(=O)OCCl.O=C(O)CC(O)(CC(=O)O)C(=O)O. The summed E-state index contributed by atoms with van der Waals surface area (Å²) in [5, 5.41) is 56.3. The number of ketones is 1. The predicted molar refractivity (Wildman–Crippen MR) is 137 cm³/mol. The van der Waals surface area contributed by atoms with Crippen LogP contribution < -0.4 is 0 Å². The summed E-state index contributed by atoms with van der Waals surface area (Å²) in [6.07, 6.45) is 5.36. The number of carboxylic acid groups (broad SMARTS) is 3. The molecule has 0 amide bonds. The molecule has 13 heteroatoms. The number of rotatable bonds is 7. The van der Waals surface area contributed by atoms with Gasteiger partial charge in [0.2, 0.25) is 0 Å². The van der Waals surface area contributed by atoms with Crippen molar-refractivity contribution < 1.29 is 59.3 Å². The van der Waals surface area contributed by atoms with Crippen molar-refractivity contribution >= 4 is 41.3 Å². The number of carboxylic acids is 3. The number of allylic oxidation sites excluding steroid dienone is 4. The third kappa shape index (κ3) is 5.41. The molecular formula is C27H35ClO12. The number of hydrogen-bond donors (Lipinski definition) is 6. The van der Waals surface area contributed by atoms with Gasteiger partial charge in [0.15, 0.2) is 23.1 Å². The molecule has 0 spiro atoms. The number of ether oxygens (including phenoxy) is 1. The molecular weight excluding hydrogens is 552 g/mol.